The number of Topliss-reactive ketones (excluding diaryl/α,β-unsaturated/α-hetero) is 1. The molecule has 2 atom stereocenters. The summed E-state index contributed by atoms with van der Waals surface area (Å²) in [6.45, 7) is 3.52. The molecule has 1 amide bonds. The van der Waals surface area contributed by atoms with Crippen molar-refractivity contribution in [1.29, 1.82) is 0 Å². The third-order valence-corrected chi connectivity index (χ3v) is 3.40. The molecule has 0 saturated heterocycles. The average Bonchev–Trinajstić information content (AvgIpc) is 2.73. The molecule has 4 heteroatoms. The summed E-state index contributed by atoms with van der Waals surface area (Å²) in [6.07, 6.45) is 3.18. The van der Waals surface area contributed by atoms with Crippen LogP contribution in [0.4, 0.5) is 0 Å². The number of rotatable bonds is 4. The lowest BCUT2D eigenvalue weighted by Crippen LogP contribution is -2.49. The Morgan fingerprint density at radius 1 is 1.31 bits per heavy atom. The predicted molar refractivity (Wildman–Crippen MR) is 63.1 cm³/mol. The summed E-state index contributed by atoms with van der Waals surface area (Å²) in [5.41, 5.74) is 0. The van der Waals surface area contributed by atoms with E-state index in [1.165, 1.54) is 0 Å². The molecule has 1 aliphatic carbocycles. The fourth-order valence-electron chi connectivity index (χ4n) is 2.31. The molecule has 0 aliphatic heterocycles. The van der Waals surface area contributed by atoms with E-state index in [0.29, 0.717) is 6.04 Å². The van der Waals surface area contributed by atoms with Crippen LogP contribution < -0.4 is 5.32 Å². The number of nitrogens with zero attached hydrogens (tertiary/aromatic N) is 1. The normalized spacial score (nSPS) is 24.8. The molecule has 2 unspecified atom stereocenters. The Morgan fingerprint density at radius 2 is 1.94 bits per heavy atom. The van der Waals surface area contributed by atoms with Crippen LogP contribution in [0.15, 0.2) is 0 Å². The van der Waals surface area contributed by atoms with E-state index in [2.05, 4.69) is 5.32 Å². The number of carbonyl (C=O) groups excluding carboxylic acids is 2. The van der Waals surface area contributed by atoms with Crippen molar-refractivity contribution >= 4 is 11.7 Å². The highest BCUT2D eigenvalue weighted by molar-refractivity contribution is 6.36. The van der Waals surface area contributed by atoms with Gasteiger partial charge in [-0.15, -0.1) is 0 Å². The molecular weight excluding hydrogens is 204 g/mol. The molecule has 1 saturated carbocycles. The van der Waals surface area contributed by atoms with Crippen molar-refractivity contribution in [2.24, 2.45) is 5.92 Å². The maximum atomic E-state index is 11.9. The Bertz CT molecular complexity index is 276. The smallest absolute Gasteiger partial charge is 0.290 e. The number of hydrogen-bond donors (Lipinski definition) is 1. The molecule has 0 aromatic carbocycles. The van der Waals surface area contributed by atoms with Gasteiger partial charge in [0.15, 0.2) is 0 Å². The number of hydrogen-bond acceptors (Lipinski definition) is 3. The molecule has 0 bridgehead atoms. The minimum absolute atomic E-state index is 0.167. The Kier molecular flexibility index (Phi) is 4.47. The van der Waals surface area contributed by atoms with Crippen LogP contribution in [0.1, 0.15) is 33.1 Å². The minimum atomic E-state index is -0.345. The lowest BCUT2D eigenvalue weighted by Gasteiger charge is -2.29. The quantitative estimate of drug-likeness (QED) is 0.722. The molecule has 0 aromatic rings. The van der Waals surface area contributed by atoms with Crippen LogP contribution >= 0.6 is 0 Å². The van der Waals surface area contributed by atoms with Gasteiger partial charge in [-0.05, 0) is 26.3 Å². The second kappa shape index (κ2) is 5.43. The third-order valence-electron chi connectivity index (χ3n) is 3.40. The fraction of sp³-hybridized carbons (Fsp3) is 0.833. The molecular formula is C12H22N2O2. The van der Waals surface area contributed by atoms with Crippen LogP contribution in [-0.2, 0) is 9.59 Å². The van der Waals surface area contributed by atoms with Gasteiger partial charge in [-0.3, -0.25) is 9.59 Å². The van der Waals surface area contributed by atoms with E-state index < -0.39 is 0 Å². The van der Waals surface area contributed by atoms with Gasteiger partial charge < -0.3 is 10.2 Å². The highest BCUT2D eigenvalue weighted by Gasteiger charge is 2.34. The molecule has 1 aliphatic rings. The minimum Gasteiger partial charge on any atom is -0.335 e. The third kappa shape index (κ3) is 2.61. The number of carbonyl (C=O) groups is 2. The highest BCUT2D eigenvalue weighted by Crippen LogP contribution is 2.23. The Hall–Kier alpha value is -0.900. The lowest BCUT2D eigenvalue weighted by molar-refractivity contribution is -0.146. The summed E-state index contributed by atoms with van der Waals surface area (Å²) in [5, 5.41) is 3.21. The van der Waals surface area contributed by atoms with Gasteiger partial charge in [-0.25, -0.2) is 0 Å². The van der Waals surface area contributed by atoms with Crippen LogP contribution in [-0.4, -0.2) is 42.8 Å². The summed E-state index contributed by atoms with van der Waals surface area (Å²) in [7, 11) is 3.65. The van der Waals surface area contributed by atoms with Crippen molar-refractivity contribution in [3.05, 3.63) is 0 Å². The van der Waals surface area contributed by atoms with E-state index in [4.69, 9.17) is 0 Å². The van der Waals surface area contributed by atoms with Crippen molar-refractivity contribution in [1.82, 2.24) is 10.2 Å². The van der Waals surface area contributed by atoms with E-state index in [9.17, 15) is 9.59 Å². The molecule has 1 fully saturated rings. The summed E-state index contributed by atoms with van der Waals surface area (Å²) in [6, 6.07) is 0.495. The fourth-order valence-corrected chi connectivity index (χ4v) is 2.31. The monoisotopic (exact) mass is 226 g/mol. The van der Waals surface area contributed by atoms with Crippen molar-refractivity contribution in [3.63, 3.8) is 0 Å². The van der Waals surface area contributed by atoms with Crippen LogP contribution in [0.2, 0.25) is 0 Å². The first-order valence-electron chi connectivity index (χ1n) is 5.97. The van der Waals surface area contributed by atoms with Crippen molar-refractivity contribution < 1.29 is 9.59 Å². The number of likely N-dealkylation sites (N-methyl/N-ethyl adjacent to an activating group) is 2. The van der Waals surface area contributed by atoms with E-state index in [-0.39, 0.29) is 23.7 Å². The van der Waals surface area contributed by atoms with Gasteiger partial charge in [0, 0.05) is 25.0 Å². The van der Waals surface area contributed by atoms with Gasteiger partial charge in [-0.2, -0.15) is 0 Å². The van der Waals surface area contributed by atoms with Gasteiger partial charge in [0.2, 0.25) is 5.78 Å². The van der Waals surface area contributed by atoms with Gasteiger partial charge in [0.1, 0.15) is 0 Å². The molecule has 0 aromatic heterocycles. The number of nitrogens with one attached hydrogen (secondary N) is 1. The molecule has 1 rings (SSSR count). The molecule has 16 heavy (non-hydrogen) atoms. The first kappa shape index (κ1) is 13.2. The molecule has 1 N–H and O–H groups in total. The van der Waals surface area contributed by atoms with Gasteiger partial charge in [-0.1, -0.05) is 13.8 Å². The summed E-state index contributed by atoms with van der Waals surface area (Å²) >= 11 is 0. The topological polar surface area (TPSA) is 49.4 Å². The molecule has 0 spiro atoms. The highest BCUT2D eigenvalue weighted by atomic mass is 16.2. The average molecular weight is 226 g/mol. The standard InChI is InChI=1S/C12H22N2O2/c1-8(2)11(15)12(16)14(4)10-7-5-6-9(10)13-3/h8-10,13H,5-7H2,1-4H3. The van der Waals surface area contributed by atoms with Crippen LogP contribution in [0.3, 0.4) is 0 Å². The van der Waals surface area contributed by atoms with Crippen LogP contribution in [0, 0.1) is 5.92 Å². The Labute approximate surface area is 97.4 Å². The summed E-state index contributed by atoms with van der Waals surface area (Å²) < 4.78 is 0. The zero-order valence-electron chi connectivity index (χ0n) is 10.6. The van der Waals surface area contributed by atoms with E-state index in [1.807, 2.05) is 7.05 Å². The van der Waals surface area contributed by atoms with Crippen LogP contribution in [0.25, 0.3) is 0 Å². The predicted octanol–water partition coefficient (Wildman–Crippen LogP) is 0.810. The summed E-state index contributed by atoms with van der Waals surface area (Å²) in [4.78, 5) is 25.1. The SMILES string of the molecule is CNC1CCCC1N(C)C(=O)C(=O)C(C)C. The zero-order valence-corrected chi connectivity index (χ0v) is 10.6. The van der Waals surface area contributed by atoms with Gasteiger partial charge in [0.05, 0.1) is 0 Å². The Balaban J connectivity index is 2.66. The Morgan fingerprint density at radius 3 is 2.44 bits per heavy atom. The number of amides is 1. The van der Waals surface area contributed by atoms with Crippen molar-refractivity contribution in [3.8, 4) is 0 Å². The molecule has 92 valence electrons. The van der Waals surface area contributed by atoms with Gasteiger partial charge in [0.25, 0.3) is 5.91 Å². The lowest BCUT2D eigenvalue weighted by atomic mass is 10.1. The first-order valence-corrected chi connectivity index (χ1v) is 5.97. The molecule has 0 radical (unpaired) electrons. The van der Waals surface area contributed by atoms with E-state index in [0.717, 1.165) is 19.3 Å². The van der Waals surface area contributed by atoms with Crippen molar-refractivity contribution in [2.45, 2.75) is 45.2 Å². The second-order valence-electron chi connectivity index (χ2n) is 4.83. The van der Waals surface area contributed by atoms with E-state index in [1.54, 1.807) is 25.8 Å². The summed E-state index contributed by atoms with van der Waals surface area (Å²) in [5.74, 6) is -0.851. The van der Waals surface area contributed by atoms with Crippen LogP contribution in [0.5, 0.6) is 0 Å². The maximum Gasteiger partial charge on any atom is 0.290 e. The maximum absolute atomic E-state index is 11.9. The number of ketones is 1. The first-order chi connectivity index (χ1) is 7.49. The largest absolute Gasteiger partial charge is 0.335 e. The molecule has 4 nitrogen and oxygen atoms in total. The van der Waals surface area contributed by atoms with Crippen molar-refractivity contribution in [2.75, 3.05) is 14.1 Å². The second-order valence-corrected chi connectivity index (χ2v) is 4.83. The zero-order chi connectivity index (χ0) is 12.3. The van der Waals surface area contributed by atoms with E-state index >= 15 is 0 Å². The van der Waals surface area contributed by atoms with Gasteiger partial charge >= 0.3 is 0 Å². The molecule has 0 heterocycles.